The van der Waals surface area contributed by atoms with Crippen LogP contribution < -0.4 is 4.74 Å². The van der Waals surface area contributed by atoms with E-state index in [1.54, 1.807) is 6.92 Å². The lowest BCUT2D eigenvalue weighted by Crippen LogP contribution is -2.23. The first kappa shape index (κ1) is 18.4. The van der Waals surface area contributed by atoms with E-state index in [-0.39, 0.29) is 11.2 Å². The second kappa shape index (κ2) is 7.83. The van der Waals surface area contributed by atoms with Crippen molar-refractivity contribution >= 4 is 12.3 Å². The summed E-state index contributed by atoms with van der Waals surface area (Å²) in [5, 5.41) is 0. The van der Waals surface area contributed by atoms with E-state index < -0.39 is 0 Å². The maximum Gasteiger partial charge on any atom is 0.298 e. The van der Waals surface area contributed by atoms with Gasteiger partial charge in [0.15, 0.2) is 0 Å². The number of carbonyl (C=O) groups is 2. The molecule has 0 amide bonds. The summed E-state index contributed by atoms with van der Waals surface area (Å²) in [7, 11) is 0. The summed E-state index contributed by atoms with van der Waals surface area (Å²) in [4.78, 5) is 22.0. The minimum atomic E-state index is -0.345. The Hall–Kier alpha value is -1.64. The van der Waals surface area contributed by atoms with E-state index in [1.807, 2.05) is 53.7 Å². The molecule has 0 saturated heterocycles. The molecule has 112 valence electrons. The lowest BCUT2D eigenvalue weighted by Gasteiger charge is -2.28. The average molecular weight is 278 g/mol. The van der Waals surface area contributed by atoms with E-state index in [1.165, 1.54) is 0 Å². The fourth-order valence-electron chi connectivity index (χ4n) is 2.65. The van der Waals surface area contributed by atoms with Crippen LogP contribution in [0.3, 0.4) is 0 Å². The van der Waals surface area contributed by atoms with E-state index in [0.717, 1.165) is 16.7 Å². The highest BCUT2D eigenvalue weighted by atomic mass is 16.5. The highest BCUT2D eigenvalue weighted by Crippen LogP contribution is 2.37. The van der Waals surface area contributed by atoms with Crippen molar-refractivity contribution in [2.75, 3.05) is 0 Å². The Bertz CT molecular complexity index is 473. The van der Waals surface area contributed by atoms with Gasteiger partial charge < -0.3 is 4.74 Å². The van der Waals surface area contributed by atoms with Crippen molar-refractivity contribution in [3.63, 3.8) is 0 Å². The van der Waals surface area contributed by atoms with Crippen LogP contribution in [0.4, 0.5) is 0 Å². The lowest BCUT2D eigenvalue weighted by molar-refractivity contribution is -0.120. The van der Waals surface area contributed by atoms with Crippen molar-refractivity contribution in [2.45, 2.75) is 60.3 Å². The topological polar surface area (TPSA) is 43.4 Å². The van der Waals surface area contributed by atoms with Crippen LogP contribution in [0.1, 0.15) is 57.7 Å². The number of Topliss-reactive ketones (excluding diaryl/α,β-unsaturated/α-hetero) is 1. The molecule has 0 fully saturated rings. The first-order chi connectivity index (χ1) is 9.27. The van der Waals surface area contributed by atoms with Crippen LogP contribution in [0.15, 0.2) is 12.1 Å². The lowest BCUT2D eigenvalue weighted by atomic mass is 9.77. The molecule has 0 spiro atoms. The summed E-state index contributed by atoms with van der Waals surface area (Å²) in [5.41, 5.74) is 2.65. The summed E-state index contributed by atoms with van der Waals surface area (Å²) >= 11 is 0. The van der Waals surface area contributed by atoms with E-state index in [2.05, 4.69) is 0 Å². The molecular formula is C17H26O3. The number of ketones is 1. The van der Waals surface area contributed by atoms with Crippen LogP contribution in [0.25, 0.3) is 0 Å². The normalized spacial score (nSPS) is 10.3. The predicted octanol–water partition coefficient (Wildman–Crippen LogP) is 4.12. The van der Waals surface area contributed by atoms with Gasteiger partial charge in [-0.05, 0) is 38.0 Å². The molecule has 0 bridgehead atoms. The highest BCUT2D eigenvalue weighted by Gasteiger charge is 2.28. The molecule has 1 aromatic rings. The molecule has 1 rings (SSSR count). The van der Waals surface area contributed by atoms with Gasteiger partial charge in [-0.2, -0.15) is 0 Å². The van der Waals surface area contributed by atoms with Crippen molar-refractivity contribution in [1.29, 1.82) is 0 Å². The first-order valence-electron chi connectivity index (χ1n) is 6.99. The molecule has 0 aliphatic rings. The van der Waals surface area contributed by atoms with E-state index in [0.29, 0.717) is 18.6 Å². The van der Waals surface area contributed by atoms with Crippen molar-refractivity contribution < 1.29 is 14.3 Å². The minimum Gasteiger partial charge on any atom is -0.428 e. The van der Waals surface area contributed by atoms with Crippen LogP contribution in [-0.4, -0.2) is 12.3 Å². The number of benzene rings is 1. The number of ether oxygens (including phenoxy) is 1. The number of hydrogen-bond donors (Lipinski definition) is 0. The van der Waals surface area contributed by atoms with E-state index in [9.17, 15) is 9.59 Å². The number of carbonyl (C=O) groups excluding carboxylic acids is 2. The molecule has 0 saturated carbocycles. The van der Waals surface area contributed by atoms with Crippen LogP contribution in [0.2, 0.25) is 0 Å². The third-order valence-electron chi connectivity index (χ3n) is 2.99. The molecule has 0 radical (unpaired) electrons. The van der Waals surface area contributed by atoms with Gasteiger partial charge >= 0.3 is 0 Å². The molecule has 0 aliphatic heterocycles. The Morgan fingerprint density at radius 1 is 1.25 bits per heavy atom. The molecule has 0 aromatic heterocycles. The Morgan fingerprint density at radius 2 is 1.80 bits per heavy atom. The summed E-state index contributed by atoms with van der Waals surface area (Å²) in [6.07, 6.45) is 0.423. The van der Waals surface area contributed by atoms with Gasteiger partial charge in [0.25, 0.3) is 6.47 Å². The quantitative estimate of drug-likeness (QED) is 0.761. The number of aryl methyl sites for hydroxylation is 2. The summed E-state index contributed by atoms with van der Waals surface area (Å²) in [6, 6.07) is 3.87. The summed E-state index contributed by atoms with van der Waals surface area (Å²) < 4.78 is 5.07. The fourth-order valence-corrected chi connectivity index (χ4v) is 2.65. The Labute approximate surface area is 122 Å². The van der Waals surface area contributed by atoms with Gasteiger partial charge in [0.1, 0.15) is 11.5 Å². The molecule has 0 heterocycles. The van der Waals surface area contributed by atoms with E-state index in [4.69, 9.17) is 4.74 Å². The number of hydrogen-bond acceptors (Lipinski definition) is 3. The Kier molecular flexibility index (Phi) is 7.19. The first-order valence-corrected chi connectivity index (χ1v) is 6.99. The molecule has 1 aromatic carbocycles. The van der Waals surface area contributed by atoms with Gasteiger partial charge in [-0.1, -0.05) is 33.8 Å². The second-order valence-corrected chi connectivity index (χ2v) is 5.43. The Morgan fingerprint density at radius 3 is 2.25 bits per heavy atom. The van der Waals surface area contributed by atoms with Crippen LogP contribution in [0, 0.1) is 13.8 Å². The zero-order chi connectivity index (χ0) is 15.9. The molecule has 0 unspecified atom stereocenters. The van der Waals surface area contributed by atoms with Gasteiger partial charge in [0, 0.05) is 17.4 Å². The third kappa shape index (κ3) is 4.80. The molecule has 3 heteroatoms. The van der Waals surface area contributed by atoms with Gasteiger partial charge in [0.2, 0.25) is 0 Å². The number of rotatable bonds is 5. The minimum absolute atomic E-state index is 0.122. The van der Waals surface area contributed by atoms with Crippen molar-refractivity contribution in [1.82, 2.24) is 0 Å². The van der Waals surface area contributed by atoms with E-state index >= 15 is 0 Å². The maximum absolute atomic E-state index is 11.4. The molecule has 3 nitrogen and oxygen atoms in total. The fraction of sp³-hybridized carbons (Fsp3) is 0.529. The monoisotopic (exact) mass is 278 g/mol. The smallest absolute Gasteiger partial charge is 0.298 e. The average Bonchev–Trinajstić information content (AvgIpc) is 2.28. The standard InChI is InChI=1S/C15H20O3.C2H6/c1-10-6-11(2)14(13(7-10)18-9-16)15(4,5)8-12(3)17;1-2/h6-7,9H,8H2,1-5H3;1-2H3. The van der Waals surface area contributed by atoms with Gasteiger partial charge in [-0.25, -0.2) is 0 Å². The van der Waals surface area contributed by atoms with Crippen molar-refractivity contribution in [3.05, 3.63) is 28.8 Å². The van der Waals surface area contributed by atoms with Crippen LogP contribution in [-0.2, 0) is 15.0 Å². The zero-order valence-electron chi connectivity index (χ0n) is 13.7. The maximum atomic E-state index is 11.4. The zero-order valence-corrected chi connectivity index (χ0v) is 13.7. The molecular weight excluding hydrogens is 252 g/mol. The van der Waals surface area contributed by atoms with Gasteiger partial charge in [-0.15, -0.1) is 0 Å². The SMILES string of the molecule is CC.CC(=O)CC(C)(C)c1c(C)cc(C)cc1OC=O. The van der Waals surface area contributed by atoms with Crippen molar-refractivity contribution in [3.8, 4) is 5.75 Å². The third-order valence-corrected chi connectivity index (χ3v) is 2.99. The molecule has 0 atom stereocenters. The molecule has 20 heavy (non-hydrogen) atoms. The summed E-state index contributed by atoms with van der Waals surface area (Å²) in [5.74, 6) is 0.672. The second-order valence-electron chi connectivity index (χ2n) is 5.43. The highest BCUT2D eigenvalue weighted by molar-refractivity contribution is 5.77. The van der Waals surface area contributed by atoms with Gasteiger partial charge in [0.05, 0.1) is 0 Å². The predicted molar refractivity (Wildman–Crippen MR) is 82.3 cm³/mol. The van der Waals surface area contributed by atoms with Crippen molar-refractivity contribution in [2.24, 2.45) is 0 Å². The Balaban J connectivity index is 0.00000172. The largest absolute Gasteiger partial charge is 0.428 e. The molecule has 0 aliphatic carbocycles. The molecule has 0 N–H and O–H groups in total. The summed E-state index contributed by atoms with van der Waals surface area (Å²) in [6.45, 7) is 13.9. The van der Waals surface area contributed by atoms with Crippen LogP contribution in [0.5, 0.6) is 5.75 Å². The van der Waals surface area contributed by atoms with Gasteiger partial charge in [-0.3, -0.25) is 9.59 Å². The van der Waals surface area contributed by atoms with Crippen LogP contribution >= 0.6 is 0 Å².